The van der Waals surface area contributed by atoms with E-state index in [1.807, 2.05) is 36.4 Å². The highest BCUT2D eigenvalue weighted by molar-refractivity contribution is 5.36. The van der Waals surface area contributed by atoms with Crippen LogP contribution in [0.1, 0.15) is 0 Å². The van der Waals surface area contributed by atoms with Gasteiger partial charge in [0.1, 0.15) is 0 Å². The molecule has 1 aromatic rings. The first-order valence-corrected chi connectivity index (χ1v) is 3.98. The fourth-order valence-electron chi connectivity index (χ4n) is 1.17. The van der Waals surface area contributed by atoms with E-state index in [2.05, 4.69) is 10.6 Å². The van der Waals surface area contributed by atoms with E-state index in [1.54, 1.807) is 6.20 Å². The first-order valence-electron chi connectivity index (χ1n) is 3.98. The van der Waals surface area contributed by atoms with E-state index in [0.717, 1.165) is 10.6 Å². The molecule has 0 bridgehead atoms. The zero-order chi connectivity index (χ0) is 9.10. The molecule has 0 atom stereocenters. The van der Waals surface area contributed by atoms with Crippen molar-refractivity contribution in [3.8, 4) is 0 Å². The Bertz CT molecular complexity index is 435. The van der Waals surface area contributed by atoms with Gasteiger partial charge in [-0.15, -0.1) is 0 Å². The minimum atomic E-state index is 0.894. The van der Waals surface area contributed by atoms with Crippen LogP contribution in [0.15, 0.2) is 41.6 Å². The summed E-state index contributed by atoms with van der Waals surface area (Å²) in [4.78, 5) is 0. The molecule has 13 heavy (non-hydrogen) atoms. The third-order valence-corrected chi connectivity index (χ3v) is 1.79. The summed E-state index contributed by atoms with van der Waals surface area (Å²) in [5.74, 6) is 5.25. The summed E-state index contributed by atoms with van der Waals surface area (Å²) in [5.41, 5.74) is 2.44. The number of hydrogen-bond donors (Lipinski definition) is 2. The fourth-order valence-corrected chi connectivity index (χ4v) is 1.17. The van der Waals surface area contributed by atoms with Crippen molar-refractivity contribution in [2.45, 2.75) is 0 Å². The summed E-state index contributed by atoms with van der Waals surface area (Å²) < 4.78 is 0. The quantitative estimate of drug-likeness (QED) is 0.433. The van der Waals surface area contributed by atoms with Crippen LogP contribution in [0.3, 0.4) is 0 Å². The van der Waals surface area contributed by atoms with Crippen LogP contribution in [0.4, 0.5) is 0 Å². The molecule has 0 spiro atoms. The second-order valence-corrected chi connectivity index (χ2v) is 2.64. The molecule has 0 amide bonds. The van der Waals surface area contributed by atoms with Crippen LogP contribution in [0.25, 0.3) is 6.08 Å². The third-order valence-electron chi connectivity index (χ3n) is 1.79. The summed E-state index contributed by atoms with van der Waals surface area (Å²) in [5, 5.41) is 7.67. The smallest absolute Gasteiger partial charge is 0.0924 e. The average Bonchev–Trinajstić information content (AvgIpc) is 2.38. The molecule has 0 aromatic heterocycles. The van der Waals surface area contributed by atoms with Crippen molar-refractivity contribution < 1.29 is 0 Å². The Hall–Kier alpha value is -1.65. The molecule has 0 aliphatic carbocycles. The normalized spacial score (nSPS) is 14.1. The molecule has 4 nitrogen and oxygen atoms in total. The van der Waals surface area contributed by atoms with Gasteiger partial charge in [0.2, 0.25) is 0 Å². The van der Waals surface area contributed by atoms with E-state index < -0.39 is 0 Å². The maximum Gasteiger partial charge on any atom is 0.0924 e. The predicted molar refractivity (Wildman–Crippen MR) is 50.0 cm³/mol. The van der Waals surface area contributed by atoms with E-state index in [-0.39, 0.29) is 0 Å². The lowest BCUT2D eigenvalue weighted by Gasteiger charge is -2.09. The number of fused-ring (bicyclic) bond motifs is 1. The molecule has 3 N–H and O–H groups in total. The van der Waals surface area contributed by atoms with Crippen molar-refractivity contribution in [3.05, 3.63) is 47.1 Å². The number of allylic oxidation sites excluding steroid dienone is 1. The van der Waals surface area contributed by atoms with Gasteiger partial charge in [-0.1, -0.05) is 24.3 Å². The van der Waals surface area contributed by atoms with Crippen molar-refractivity contribution in [3.63, 3.8) is 0 Å². The SMILES string of the molecule is NNN1C=CC=c2ccccc2=N1. The first kappa shape index (κ1) is 7.97. The monoisotopic (exact) mass is 174 g/mol. The maximum atomic E-state index is 5.25. The summed E-state index contributed by atoms with van der Waals surface area (Å²) in [7, 11) is 0. The lowest BCUT2D eigenvalue weighted by Crippen LogP contribution is -2.37. The Morgan fingerprint density at radius 2 is 2.15 bits per heavy atom. The number of hydrogen-bond acceptors (Lipinski definition) is 4. The molecular weight excluding hydrogens is 164 g/mol. The van der Waals surface area contributed by atoms with Gasteiger partial charge in [-0.3, -0.25) is 5.84 Å². The summed E-state index contributed by atoms with van der Waals surface area (Å²) in [6, 6.07) is 7.85. The fraction of sp³-hybridized carbons (Fsp3) is 0. The average molecular weight is 174 g/mol. The summed E-state index contributed by atoms with van der Waals surface area (Å²) in [6.07, 6.45) is 5.62. The molecule has 1 aliphatic rings. The van der Waals surface area contributed by atoms with Crippen molar-refractivity contribution in [2.75, 3.05) is 0 Å². The highest BCUT2D eigenvalue weighted by atomic mass is 15.8. The van der Waals surface area contributed by atoms with Gasteiger partial charge in [-0.2, -0.15) is 15.8 Å². The number of nitrogens with one attached hydrogen (secondary N) is 1. The zero-order valence-corrected chi connectivity index (χ0v) is 7.01. The molecule has 2 rings (SSSR count). The van der Waals surface area contributed by atoms with Gasteiger partial charge < -0.3 is 0 Å². The van der Waals surface area contributed by atoms with Crippen LogP contribution in [0, 0.1) is 0 Å². The molecule has 4 heteroatoms. The van der Waals surface area contributed by atoms with Crippen LogP contribution in [-0.2, 0) is 0 Å². The molecular formula is C9H10N4. The maximum absolute atomic E-state index is 5.25. The van der Waals surface area contributed by atoms with Gasteiger partial charge in [0.15, 0.2) is 0 Å². The Labute approximate surface area is 75.6 Å². The molecule has 0 saturated carbocycles. The zero-order valence-electron chi connectivity index (χ0n) is 7.01. The van der Waals surface area contributed by atoms with Gasteiger partial charge >= 0.3 is 0 Å². The summed E-state index contributed by atoms with van der Waals surface area (Å²) in [6.45, 7) is 0. The second kappa shape index (κ2) is 3.38. The van der Waals surface area contributed by atoms with Crippen molar-refractivity contribution >= 4 is 6.08 Å². The molecule has 1 aliphatic heterocycles. The summed E-state index contributed by atoms with van der Waals surface area (Å²) >= 11 is 0. The van der Waals surface area contributed by atoms with Gasteiger partial charge in [-0.05, 0) is 12.1 Å². The number of hydrazine groups is 2. The highest BCUT2D eigenvalue weighted by Gasteiger charge is 1.93. The Morgan fingerprint density at radius 3 is 3.00 bits per heavy atom. The Balaban J connectivity index is 2.62. The minimum Gasteiger partial charge on any atom is -0.252 e. The number of rotatable bonds is 1. The van der Waals surface area contributed by atoms with Crippen LogP contribution >= 0.6 is 0 Å². The van der Waals surface area contributed by atoms with Gasteiger partial charge in [0, 0.05) is 11.4 Å². The van der Waals surface area contributed by atoms with Gasteiger partial charge in [0.25, 0.3) is 0 Å². The van der Waals surface area contributed by atoms with Gasteiger partial charge in [0.05, 0.1) is 5.36 Å². The van der Waals surface area contributed by atoms with Crippen LogP contribution in [-0.4, -0.2) is 5.12 Å². The predicted octanol–water partition coefficient (Wildman–Crippen LogP) is -0.791. The van der Waals surface area contributed by atoms with Gasteiger partial charge in [-0.25, -0.2) is 0 Å². The first-order chi connectivity index (χ1) is 6.40. The largest absolute Gasteiger partial charge is 0.252 e. The number of nitrogens with two attached hydrogens (primary N) is 1. The van der Waals surface area contributed by atoms with Crippen LogP contribution in [0.2, 0.25) is 0 Å². The van der Waals surface area contributed by atoms with E-state index in [4.69, 9.17) is 5.84 Å². The highest BCUT2D eigenvalue weighted by Crippen LogP contribution is 1.86. The molecule has 0 saturated heterocycles. The van der Waals surface area contributed by atoms with E-state index >= 15 is 0 Å². The molecule has 0 radical (unpaired) electrons. The van der Waals surface area contributed by atoms with E-state index in [1.165, 1.54) is 5.12 Å². The molecule has 66 valence electrons. The lowest BCUT2D eigenvalue weighted by molar-refractivity contribution is 0.279. The molecule has 1 aromatic carbocycles. The topological polar surface area (TPSA) is 53.6 Å². The molecule has 1 heterocycles. The number of nitrogens with zero attached hydrogens (tertiary/aromatic N) is 2. The molecule has 0 unspecified atom stereocenters. The lowest BCUT2D eigenvalue weighted by atomic mass is 10.3. The standard InChI is InChI=1S/C9H10N4/c10-12-13-7-3-5-8-4-1-2-6-9(8)11-13/h1-7,12H,10H2. The Kier molecular flexibility index (Phi) is 2.08. The van der Waals surface area contributed by atoms with Crippen molar-refractivity contribution in [2.24, 2.45) is 10.9 Å². The van der Waals surface area contributed by atoms with Crippen LogP contribution < -0.4 is 22.0 Å². The van der Waals surface area contributed by atoms with Crippen molar-refractivity contribution in [1.82, 2.24) is 10.7 Å². The van der Waals surface area contributed by atoms with E-state index in [0.29, 0.717) is 0 Å². The molecule has 0 fully saturated rings. The number of benzene rings is 1. The third kappa shape index (κ3) is 1.58. The van der Waals surface area contributed by atoms with Crippen LogP contribution in [0.5, 0.6) is 0 Å². The second-order valence-electron chi connectivity index (χ2n) is 2.64. The minimum absolute atomic E-state index is 0.894. The van der Waals surface area contributed by atoms with E-state index in [9.17, 15) is 0 Å². The Morgan fingerprint density at radius 1 is 1.31 bits per heavy atom. The van der Waals surface area contributed by atoms with Crippen molar-refractivity contribution in [1.29, 1.82) is 0 Å².